The van der Waals surface area contributed by atoms with Gasteiger partial charge < -0.3 is 9.84 Å². The molecule has 1 atom stereocenters. The summed E-state index contributed by atoms with van der Waals surface area (Å²) in [4.78, 5) is 28.6. The van der Waals surface area contributed by atoms with Crippen molar-refractivity contribution in [1.29, 1.82) is 0 Å². The molecule has 110 valence electrons. The van der Waals surface area contributed by atoms with Gasteiger partial charge >= 0.3 is 0 Å². The Morgan fingerprint density at radius 1 is 1.62 bits per heavy atom. The minimum absolute atomic E-state index is 0.0962. The van der Waals surface area contributed by atoms with Gasteiger partial charge in [-0.1, -0.05) is 23.8 Å². The molecule has 0 aromatic carbocycles. The summed E-state index contributed by atoms with van der Waals surface area (Å²) in [5.41, 5.74) is 0.688. The molecule has 3 rings (SSSR count). The van der Waals surface area contributed by atoms with E-state index in [4.69, 9.17) is 0 Å². The van der Waals surface area contributed by atoms with Crippen molar-refractivity contribution in [2.75, 3.05) is 11.1 Å². The van der Waals surface area contributed by atoms with Crippen molar-refractivity contribution < 1.29 is 9.32 Å². The van der Waals surface area contributed by atoms with E-state index < -0.39 is 0 Å². The molecule has 0 radical (unpaired) electrons. The highest BCUT2D eigenvalue weighted by Crippen LogP contribution is 2.32. The van der Waals surface area contributed by atoms with Gasteiger partial charge in [0.25, 0.3) is 5.56 Å². The number of aryl methyl sites for hydroxylation is 1. The van der Waals surface area contributed by atoms with Crippen molar-refractivity contribution in [2.45, 2.75) is 31.0 Å². The van der Waals surface area contributed by atoms with Gasteiger partial charge in [0.2, 0.25) is 5.91 Å². The van der Waals surface area contributed by atoms with E-state index in [0.717, 1.165) is 12.1 Å². The number of thioether (sulfide) groups is 1. The van der Waals surface area contributed by atoms with Gasteiger partial charge in [-0.15, -0.1) is 0 Å². The van der Waals surface area contributed by atoms with E-state index in [1.807, 2.05) is 6.92 Å². The van der Waals surface area contributed by atoms with Crippen molar-refractivity contribution in [1.82, 2.24) is 14.7 Å². The monoisotopic (exact) mass is 306 g/mol. The van der Waals surface area contributed by atoms with Crippen LogP contribution in [0.3, 0.4) is 0 Å². The van der Waals surface area contributed by atoms with Crippen LogP contribution in [0, 0.1) is 0 Å². The van der Waals surface area contributed by atoms with E-state index >= 15 is 0 Å². The average molecular weight is 306 g/mol. The molecule has 0 saturated heterocycles. The quantitative estimate of drug-likeness (QED) is 0.860. The molecule has 0 saturated carbocycles. The Bertz CT molecular complexity index is 711. The topological polar surface area (TPSA) is 90.0 Å². The van der Waals surface area contributed by atoms with E-state index in [9.17, 15) is 9.59 Å². The summed E-state index contributed by atoms with van der Waals surface area (Å²) in [7, 11) is 0. The zero-order chi connectivity index (χ0) is 14.8. The first-order valence-corrected chi connectivity index (χ1v) is 7.61. The van der Waals surface area contributed by atoms with Gasteiger partial charge in [0, 0.05) is 30.0 Å². The molecule has 0 aliphatic carbocycles. The number of hydrogen-bond acceptors (Lipinski definition) is 6. The summed E-state index contributed by atoms with van der Waals surface area (Å²) in [6.07, 6.45) is 2.32. The molecule has 1 amide bonds. The van der Waals surface area contributed by atoms with Crippen LogP contribution in [0.4, 0.5) is 5.82 Å². The van der Waals surface area contributed by atoms with Crippen LogP contribution in [0.2, 0.25) is 0 Å². The number of aromatic nitrogens is 3. The van der Waals surface area contributed by atoms with E-state index in [-0.39, 0.29) is 23.9 Å². The number of carbonyl (C=O) groups is 1. The maximum Gasteiger partial charge on any atom is 0.254 e. The molecule has 1 N–H and O–H groups in total. The Morgan fingerprint density at radius 2 is 2.48 bits per heavy atom. The van der Waals surface area contributed by atoms with Gasteiger partial charge in [0.15, 0.2) is 11.0 Å². The highest BCUT2D eigenvalue weighted by molar-refractivity contribution is 7.99. The lowest BCUT2D eigenvalue weighted by atomic mass is 10.2. The molecular formula is C13H14N4O3S. The second-order valence-electron chi connectivity index (χ2n) is 4.69. The fourth-order valence-electron chi connectivity index (χ4n) is 2.21. The predicted molar refractivity (Wildman–Crippen MR) is 77.4 cm³/mol. The summed E-state index contributed by atoms with van der Waals surface area (Å²) in [6.45, 7) is 1.96. The Hall–Kier alpha value is -2.09. The molecule has 1 aliphatic heterocycles. The molecule has 1 aliphatic rings. The second kappa shape index (κ2) is 5.72. The van der Waals surface area contributed by atoms with Gasteiger partial charge in [0.1, 0.15) is 6.26 Å². The maximum atomic E-state index is 12.2. The van der Waals surface area contributed by atoms with Crippen LogP contribution >= 0.6 is 11.8 Å². The molecule has 7 nitrogen and oxygen atoms in total. The molecular weight excluding hydrogens is 292 g/mol. The standard InChI is InChI=1S/C13H14N4O3S/c1-2-8-5-12(19)17-9(7-21-13(17)14-8)6-11(18)15-10-3-4-20-16-10/h3-5,9H,2,6-7H2,1H3,(H,15,16,18)/t9-/m1/s1. The molecule has 2 aromatic heterocycles. The van der Waals surface area contributed by atoms with Gasteiger partial charge in [-0.05, 0) is 6.42 Å². The summed E-state index contributed by atoms with van der Waals surface area (Å²) in [6, 6.07) is 2.93. The van der Waals surface area contributed by atoms with Crippen molar-refractivity contribution in [2.24, 2.45) is 0 Å². The van der Waals surface area contributed by atoms with Gasteiger partial charge in [-0.2, -0.15) is 0 Å². The number of hydrogen-bond donors (Lipinski definition) is 1. The van der Waals surface area contributed by atoms with Gasteiger partial charge in [-0.25, -0.2) is 4.98 Å². The van der Waals surface area contributed by atoms with E-state index in [1.54, 1.807) is 10.6 Å². The average Bonchev–Trinajstić information content (AvgIpc) is 3.09. The molecule has 0 fully saturated rings. The van der Waals surface area contributed by atoms with Crippen LogP contribution in [0.1, 0.15) is 25.1 Å². The largest absolute Gasteiger partial charge is 0.363 e. The first kappa shape index (κ1) is 13.9. The number of rotatable bonds is 4. The van der Waals surface area contributed by atoms with Crippen LogP contribution < -0.4 is 10.9 Å². The van der Waals surface area contributed by atoms with E-state index in [2.05, 4.69) is 20.0 Å². The zero-order valence-corrected chi connectivity index (χ0v) is 12.2. The first-order valence-electron chi connectivity index (χ1n) is 6.63. The third-order valence-electron chi connectivity index (χ3n) is 3.23. The normalized spacial score (nSPS) is 16.7. The summed E-state index contributed by atoms with van der Waals surface area (Å²) >= 11 is 1.51. The number of nitrogens with one attached hydrogen (secondary N) is 1. The number of carbonyl (C=O) groups excluding carboxylic acids is 1. The lowest BCUT2D eigenvalue weighted by molar-refractivity contribution is -0.116. The number of amides is 1. The molecule has 8 heteroatoms. The van der Waals surface area contributed by atoms with E-state index in [1.165, 1.54) is 24.1 Å². The Balaban J connectivity index is 1.75. The molecule has 0 bridgehead atoms. The second-order valence-corrected chi connectivity index (χ2v) is 5.68. The van der Waals surface area contributed by atoms with Crippen molar-refractivity contribution >= 4 is 23.5 Å². The van der Waals surface area contributed by atoms with E-state index in [0.29, 0.717) is 16.7 Å². The number of fused-ring (bicyclic) bond motifs is 1. The summed E-state index contributed by atoms with van der Waals surface area (Å²) in [5, 5.41) is 6.95. The lowest BCUT2D eigenvalue weighted by Crippen LogP contribution is -2.27. The Labute approximate surface area is 124 Å². The van der Waals surface area contributed by atoms with Crippen molar-refractivity contribution in [3.05, 3.63) is 34.4 Å². The maximum absolute atomic E-state index is 12.2. The Morgan fingerprint density at radius 3 is 3.19 bits per heavy atom. The lowest BCUT2D eigenvalue weighted by Gasteiger charge is -2.12. The predicted octanol–water partition coefficient (Wildman–Crippen LogP) is 1.47. The van der Waals surface area contributed by atoms with Gasteiger partial charge in [-0.3, -0.25) is 14.2 Å². The zero-order valence-electron chi connectivity index (χ0n) is 11.4. The van der Waals surface area contributed by atoms with Crippen LogP contribution in [-0.2, 0) is 11.2 Å². The van der Waals surface area contributed by atoms with Crippen LogP contribution in [-0.4, -0.2) is 26.4 Å². The number of nitrogens with zero attached hydrogens (tertiary/aromatic N) is 3. The summed E-state index contributed by atoms with van der Waals surface area (Å²) in [5.74, 6) is 0.841. The van der Waals surface area contributed by atoms with Crippen LogP contribution in [0.15, 0.2) is 32.9 Å². The fourth-order valence-corrected chi connectivity index (χ4v) is 3.38. The van der Waals surface area contributed by atoms with Crippen molar-refractivity contribution in [3.63, 3.8) is 0 Å². The third-order valence-corrected chi connectivity index (χ3v) is 4.33. The molecule has 0 unspecified atom stereocenters. The third kappa shape index (κ3) is 2.85. The smallest absolute Gasteiger partial charge is 0.254 e. The Kier molecular flexibility index (Phi) is 3.78. The fraction of sp³-hybridized carbons (Fsp3) is 0.385. The number of anilines is 1. The molecule has 0 spiro atoms. The van der Waals surface area contributed by atoms with Gasteiger partial charge in [0.05, 0.1) is 6.04 Å². The molecule has 21 heavy (non-hydrogen) atoms. The molecule has 2 aromatic rings. The first-order chi connectivity index (χ1) is 10.2. The highest BCUT2D eigenvalue weighted by atomic mass is 32.2. The van der Waals surface area contributed by atoms with Crippen LogP contribution in [0.5, 0.6) is 0 Å². The molecule has 3 heterocycles. The minimum atomic E-state index is -0.200. The highest BCUT2D eigenvalue weighted by Gasteiger charge is 2.27. The minimum Gasteiger partial charge on any atom is -0.363 e. The summed E-state index contributed by atoms with van der Waals surface area (Å²) < 4.78 is 6.26. The van der Waals surface area contributed by atoms with Crippen LogP contribution in [0.25, 0.3) is 0 Å². The van der Waals surface area contributed by atoms with Crippen molar-refractivity contribution in [3.8, 4) is 0 Å². The SMILES string of the molecule is CCc1cc(=O)n2c(n1)SC[C@H]2CC(=O)Nc1ccon1.